The molecule has 1 spiro atoms. The largest absolute Gasteiger partial charge is 0.487 e. The highest BCUT2D eigenvalue weighted by molar-refractivity contribution is 5.91. The minimum atomic E-state index is -0.113. The molecule has 4 heteroatoms. The molecule has 1 N–H and O–H groups in total. The normalized spacial score (nSPS) is 21.5. The molecule has 4 rings (SSSR count). The van der Waals surface area contributed by atoms with Gasteiger partial charge in [0.1, 0.15) is 17.1 Å². The lowest BCUT2D eigenvalue weighted by Crippen LogP contribution is -2.49. The van der Waals surface area contributed by atoms with Crippen molar-refractivity contribution in [2.75, 3.05) is 0 Å². The molecular formula is C19H19NO3. The quantitative estimate of drug-likeness (QED) is 0.876. The van der Waals surface area contributed by atoms with E-state index in [4.69, 9.17) is 9.15 Å². The van der Waals surface area contributed by atoms with Crippen LogP contribution in [0, 0.1) is 0 Å². The van der Waals surface area contributed by atoms with Gasteiger partial charge in [-0.05, 0) is 43.5 Å². The number of hydrogen-bond acceptors (Lipinski definition) is 3. The molecule has 4 nitrogen and oxygen atoms in total. The van der Waals surface area contributed by atoms with Gasteiger partial charge < -0.3 is 14.5 Å². The van der Waals surface area contributed by atoms with Crippen molar-refractivity contribution in [1.82, 2.24) is 5.32 Å². The van der Waals surface area contributed by atoms with Crippen molar-refractivity contribution in [3.05, 3.63) is 60.1 Å². The minimum Gasteiger partial charge on any atom is -0.487 e. The van der Waals surface area contributed by atoms with E-state index in [1.165, 1.54) is 12.5 Å². The summed E-state index contributed by atoms with van der Waals surface area (Å²) < 4.78 is 11.4. The van der Waals surface area contributed by atoms with Gasteiger partial charge in [0.25, 0.3) is 0 Å². The Kier molecular flexibility index (Phi) is 3.45. The van der Waals surface area contributed by atoms with Crippen molar-refractivity contribution in [1.29, 1.82) is 0 Å². The molecule has 2 aromatic rings. The van der Waals surface area contributed by atoms with Gasteiger partial charge in [0.05, 0.1) is 12.3 Å². The molecule has 1 unspecified atom stereocenters. The summed E-state index contributed by atoms with van der Waals surface area (Å²) in [6.45, 7) is 0. The van der Waals surface area contributed by atoms with E-state index in [-0.39, 0.29) is 17.6 Å². The van der Waals surface area contributed by atoms with Gasteiger partial charge in [0.15, 0.2) is 0 Å². The first-order chi connectivity index (χ1) is 11.2. The van der Waals surface area contributed by atoms with Crippen LogP contribution in [-0.4, -0.2) is 11.5 Å². The zero-order chi connectivity index (χ0) is 15.7. The van der Waals surface area contributed by atoms with Crippen LogP contribution in [0.1, 0.15) is 43.0 Å². The maximum Gasteiger partial charge on any atom is 0.244 e. The predicted octanol–water partition coefficient (Wildman–Crippen LogP) is 3.86. The summed E-state index contributed by atoms with van der Waals surface area (Å²) in [6.07, 6.45) is 8.95. The van der Waals surface area contributed by atoms with Crippen molar-refractivity contribution in [2.45, 2.75) is 37.3 Å². The number of carbonyl (C=O) groups is 1. The first-order valence-corrected chi connectivity index (χ1v) is 8.04. The van der Waals surface area contributed by atoms with Gasteiger partial charge >= 0.3 is 0 Å². The highest BCUT2D eigenvalue weighted by Gasteiger charge is 2.45. The maximum atomic E-state index is 12.3. The molecule has 2 aliphatic rings. The molecule has 0 saturated heterocycles. The van der Waals surface area contributed by atoms with Gasteiger partial charge in [0.2, 0.25) is 5.91 Å². The molecule has 1 atom stereocenters. The van der Waals surface area contributed by atoms with Crippen LogP contribution in [0.5, 0.6) is 5.75 Å². The summed E-state index contributed by atoms with van der Waals surface area (Å²) in [7, 11) is 0. The van der Waals surface area contributed by atoms with Crippen molar-refractivity contribution < 1.29 is 13.9 Å². The second kappa shape index (κ2) is 5.61. The van der Waals surface area contributed by atoms with Crippen molar-refractivity contribution in [3.63, 3.8) is 0 Å². The summed E-state index contributed by atoms with van der Waals surface area (Å²) in [5.41, 5.74) is 0.974. The smallest absolute Gasteiger partial charge is 0.244 e. The third kappa shape index (κ3) is 2.77. The average Bonchev–Trinajstić information content (AvgIpc) is 3.05. The van der Waals surface area contributed by atoms with Crippen molar-refractivity contribution in [2.24, 2.45) is 0 Å². The molecule has 2 heterocycles. The standard InChI is InChI=1S/C19H19NO3/c21-18(9-8-14-5-3-12-22-14)20-16-13-19(10-4-11-19)23-17-7-2-1-6-15(16)17/h1-3,5-9,12,16H,4,10-11,13H2,(H,20,21)/b9-8+. The van der Waals surface area contributed by atoms with Gasteiger partial charge in [0, 0.05) is 18.1 Å². The third-order valence-electron chi connectivity index (χ3n) is 4.72. The first kappa shape index (κ1) is 14.1. The van der Waals surface area contributed by atoms with Crippen LogP contribution in [0.4, 0.5) is 0 Å². The number of furan rings is 1. The Labute approximate surface area is 135 Å². The Morgan fingerprint density at radius 3 is 2.83 bits per heavy atom. The predicted molar refractivity (Wildman–Crippen MR) is 86.9 cm³/mol. The van der Waals surface area contributed by atoms with Crippen LogP contribution in [0.15, 0.2) is 53.2 Å². The van der Waals surface area contributed by atoms with Gasteiger partial charge in [-0.15, -0.1) is 0 Å². The summed E-state index contributed by atoms with van der Waals surface area (Å²) in [4.78, 5) is 12.3. The van der Waals surface area contributed by atoms with E-state index in [0.29, 0.717) is 5.76 Å². The molecule has 1 saturated carbocycles. The second-order valence-electron chi connectivity index (χ2n) is 6.29. The van der Waals surface area contributed by atoms with Crippen LogP contribution in [0.25, 0.3) is 6.08 Å². The van der Waals surface area contributed by atoms with Crippen molar-refractivity contribution >= 4 is 12.0 Å². The van der Waals surface area contributed by atoms with E-state index in [1.807, 2.05) is 30.3 Å². The van der Waals surface area contributed by atoms with Gasteiger partial charge in [-0.1, -0.05) is 18.2 Å². The maximum absolute atomic E-state index is 12.3. The van der Waals surface area contributed by atoms with Crippen LogP contribution in [0.3, 0.4) is 0 Å². The molecule has 1 aromatic carbocycles. The van der Waals surface area contributed by atoms with E-state index in [1.54, 1.807) is 18.4 Å². The zero-order valence-corrected chi connectivity index (χ0v) is 12.8. The molecule has 118 valence electrons. The van der Waals surface area contributed by atoms with Crippen LogP contribution in [0.2, 0.25) is 0 Å². The van der Waals surface area contributed by atoms with E-state index >= 15 is 0 Å². The molecule has 1 aliphatic carbocycles. The minimum absolute atomic E-state index is 0.00555. The van der Waals surface area contributed by atoms with E-state index < -0.39 is 0 Å². The van der Waals surface area contributed by atoms with E-state index in [0.717, 1.165) is 30.6 Å². The van der Waals surface area contributed by atoms with Gasteiger partial charge in [-0.25, -0.2) is 0 Å². The Hall–Kier alpha value is -2.49. The number of nitrogens with one attached hydrogen (secondary N) is 1. The topological polar surface area (TPSA) is 51.5 Å². The number of rotatable bonds is 3. The summed E-state index contributed by atoms with van der Waals surface area (Å²) in [6, 6.07) is 11.6. The number of amides is 1. The molecule has 23 heavy (non-hydrogen) atoms. The first-order valence-electron chi connectivity index (χ1n) is 8.04. The molecule has 1 fully saturated rings. The molecule has 1 amide bonds. The fraction of sp³-hybridized carbons (Fsp3) is 0.316. The number of benzene rings is 1. The average molecular weight is 309 g/mol. The lowest BCUT2D eigenvalue weighted by Gasteiger charge is -2.47. The number of carbonyl (C=O) groups excluding carboxylic acids is 1. The van der Waals surface area contributed by atoms with Crippen LogP contribution < -0.4 is 10.1 Å². The molecule has 1 aliphatic heterocycles. The molecular weight excluding hydrogens is 290 g/mol. The van der Waals surface area contributed by atoms with Crippen LogP contribution in [-0.2, 0) is 4.79 Å². The Balaban J connectivity index is 1.52. The van der Waals surface area contributed by atoms with Crippen molar-refractivity contribution in [3.8, 4) is 5.75 Å². The second-order valence-corrected chi connectivity index (χ2v) is 6.29. The Morgan fingerprint density at radius 2 is 2.09 bits per heavy atom. The lowest BCUT2D eigenvalue weighted by molar-refractivity contribution is -0.118. The number of hydrogen-bond donors (Lipinski definition) is 1. The van der Waals surface area contributed by atoms with Gasteiger partial charge in [-0.3, -0.25) is 4.79 Å². The molecule has 0 radical (unpaired) electrons. The van der Waals surface area contributed by atoms with E-state index in [2.05, 4.69) is 5.32 Å². The van der Waals surface area contributed by atoms with Crippen LogP contribution >= 0.6 is 0 Å². The Bertz CT molecular complexity index is 729. The lowest BCUT2D eigenvalue weighted by atomic mass is 9.73. The molecule has 0 bridgehead atoms. The number of fused-ring (bicyclic) bond motifs is 1. The Morgan fingerprint density at radius 1 is 1.22 bits per heavy atom. The highest BCUT2D eigenvalue weighted by Crippen LogP contribution is 2.48. The third-order valence-corrected chi connectivity index (χ3v) is 4.72. The number of para-hydroxylation sites is 1. The fourth-order valence-corrected chi connectivity index (χ4v) is 3.39. The summed E-state index contributed by atoms with van der Waals surface area (Å²) >= 11 is 0. The summed E-state index contributed by atoms with van der Waals surface area (Å²) in [5.74, 6) is 1.46. The van der Waals surface area contributed by atoms with Gasteiger partial charge in [-0.2, -0.15) is 0 Å². The number of ether oxygens (including phenoxy) is 1. The monoisotopic (exact) mass is 309 g/mol. The fourth-order valence-electron chi connectivity index (χ4n) is 3.39. The molecule has 1 aromatic heterocycles. The highest BCUT2D eigenvalue weighted by atomic mass is 16.5. The SMILES string of the molecule is O=C(/C=C/c1ccco1)NC1CC2(CCC2)Oc2ccccc21. The zero-order valence-electron chi connectivity index (χ0n) is 12.8. The van der Waals surface area contributed by atoms with E-state index in [9.17, 15) is 4.79 Å². The summed E-state index contributed by atoms with van der Waals surface area (Å²) in [5, 5.41) is 3.11.